The Kier molecular flexibility index (Phi) is 9.20. The number of nitrogens with one attached hydrogen (secondary N) is 2. The van der Waals surface area contributed by atoms with E-state index in [1.807, 2.05) is 13.8 Å². The Morgan fingerprint density at radius 3 is 2.48 bits per heavy atom. The Morgan fingerprint density at radius 2 is 1.93 bits per heavy atom. The van der Waals surface area contributed by atoms with Crippen molar-refractivity contribution < 1.29 is 29.4 Å². The van der Waals surface area contributed by atoms with Gasteiger partial charge < -0.3 is 30.5 Å². The average Bonchev–Trinajstić information content (AvgIpc) is 3.12. The van der Waals surface area contributed by atoms with E-state index in [2.05, 4.69) is 10.6 Å². The molecule has 3 amide bonds. The van der Waals surface area contributed by atoms with Crippen molar-refractivity contribution in [1.29, 1.82) is 0 Å². The van der Waals surface area contributed by atoms with Gasteiger partial charge in [-0.2, -0.15) is 0 Å². The number of aliphatic carboxylic acids is 1. The number of carbonyl (C=O) groups is 4. The number of carbonyl (C=O) groups excluding carboxylic acids is 4. The van der Waals surface area contributed by atoms with Crippen molar-refractivity contribution in [3.05, 3.63) is 0 Å². The third kappa shape index (κ3) is 6.50. The quantitative estimate of drug-likeness (QED) is 0.420. The lowest BCUT2D eigenvalue weighted by molar-refractivity contribution is -0.310. The summed E-state index contributed by atoms with van der Waals surface area (Å²) < 4.78 is 0. The van der Waals surface area contributed by atoms with Crippen LogP contribution in [0.2, 0.25) is 0 Å². The van der Waals surface area contributed by atoms with Crippen molar-refractivity contribution in [1.82, 2.24) is 15.5 Å². The Hall–Kier alpha value is -2.16. The molecule has 1 fully saturated rings. The molecule has 0 bridgehead atoms. The molecule has 0 aromatic carbocycles. The van der Waals surface area contributed by atoms with Crippen LogP contribution in [0.15, 0.2) is 0 Å². The fraction of sp³-hybridized carbons (Fsp3) is 0.778. The monoisotopic (exact) mass is 384 g/mol. The second-order valence-electron chi connectivity index (χ2n) is 6.95. The second kappa shape index (κ2) is 10.9. The van der Waals surface area contributed by atoms with Crippen LogP contribution >= 0.6 is 0 Å². The van der Waals surface area contributed by atoms with Crippen LogP contribution in [0.3, 0.4) is 0 Å². The molecule has 0 spiro atoms. The smallest absolute Gasteiger partial charge is 0.249 e. The van der Waals surface area contributed by atoms with Crippen molar-refractivity contribution in [2.45, 2.75) is 71.1 Å². The van der Waals surface area contributed by atoms with Gasteiger partial charge in [0.25, 0.3) is 0 Å². The molecule has 1 aliphatic rings. The molecule has 4 atom stereocenters. The molecule has 9 nitrogen and oxygen atoms in total. The van der Waals surface area contributed by atoms with Crippen LogP contribution < -0.4 is 15.7 Å². The fourth-order valence-electron chi connectivity index (χ4n) is 3.00. The summed E-state index contributed by atoms with van der Waals surface area (Å²) in [6.45, 7) is 6.18. The largest absolute Gasteiger partial charge is 0.548 e. The number of rotatable bonds is 10. The number of carboxylic acid groups (broad SMARTS) is 1. The zero-order valence-electron chi connectivity index (χ0n) is 16.2. The van der Waals surface area contributed by atoms with Crippen LogP contribution in [0.1, 0.15) is 52.9 Å². The van der Waals surface area contributed by atoms with Gasteiger partial charge in [0.05, 0.1) is 18.4 Å². The maximum absolute atomic E-state index is 12.8. The van der Waals surface area contributed by atoms with E-state index < -0.39 is 48.3 Å². The SMILES string of the molecule is CCCNC(=O)[C@@H](O)CC(=O)N[C@H](C(=O)N1CCC[C@H]1C(=O)[O-])[C@@H](C)CC. The van der Waals surface area contributed by atoms with E-state index in [1.54, 1.807) is 6.92 Å². The first-order chi connectivity index (χ1) is 12.7. The summed E-state index contributed by atoms with van der Waals surface area (Å²) in [6.07, 6.45) is 0.185. The van der Waals surface area contributed by atoms with Gasteiger partial charge in [-0.3, -0.25) is 14.4 Å². The first kappa shape index (κ1) is 22.9. The minimum Gasteiger partial charge on any atom is -0.548 e. The summed E-state index contributed by atoms with van der Waals surface area (Å²) >= 11 is 0. The lowest BCUT2D eigenvalue weighted by atomic mass is 9.97. The van der Waals surface area contributed by atoms with Gasteiger partial charge in [-0.25, -0.2) is 0 Å². The number of amides is 3. The topological polar surface area (TPSA) is 139 Å². The summed E-state index contributed by atoms with van der Waals surface area (Å²) in [4.78, 5) is 49.2. The molecule has 1 rings (SSSR count). The number of carboxylic acids is 1. The third-order valence-electron chi connectivity index (χ3n) is 4.83. The molecule has 3 N–H and O–H groups in total. The van der Waals surface area contributed by atoms with Crippen LogP contribution in [0, 0.1) is 5.92 Å². The van der Waals surface area contributed by atoms with E-state index in [4.69, 9.17) is 0 Å². The van der Waals surface area contributed by atoms with Crippen LogP contribution in [0.4, 0.5) is 0 Å². The molecular formula is C18H30N3O6-. The summed E-state index contributed by atoms with van der Waals surface area (Å²) in [7, 11) is 0. The highest BCUT2D eigenvalue weighted by atomic mass is 16.4. The van der Waals surface area contributed by atoms with Gasteiger partial charge in [0.15, 0.2) is 0 Å². The highest BCUT2D eigenvalue weighted by Gasteiger charge is 2.36. The maximum atomic E-state index is 12.8. The van der Waals surface area contributed by atoms with Gasteiger partial charge in [0, 0.05) is 13.1 Å². The molecule has 1 aliphatic heterocycles. The van der Waals surface area contributed by atoms with E-state index in [-0.39, 0.29) is 5.92 Å². The normalized spacial score (nSPS) is 19.9. The molecule has 0 unspecified atom stereocenters. The van der Waals surface area contributed by atoms with Crippen molar-refractivity contribution in [2.24, 2.45) is 5.92 Å². The standard InChI is InChI=1S/C18H31N3O6/c1-4-8-19-16(24)13(22)10-14(23)20-15(11(3)5-2)17(25)21-9-6-7-12(21)18(26)27/h11-13,15,22H,4-10H2,1-3H3,(H,19,24)(H,20,23)(H,26,27)/p-1/t11-,12-,13-,15-/m0/s1. The molecule has 27 heavy (non-hydrogen) atoms. The van der Waals surface area contributed by atoms with Crippen molar-refractivity contribution >= 4 is 23.7 Å². The zero-order chi connectivity index (χ0) is 20.6. The van der Waals surface area contributed by atoms with Crippen LogP contribution in [-0.2, 0) is 19.2 Å². The third-order valence-corrected chi connectivity index (χ3v) is 4.83. The second-order valence-corrected chi connectivity index (χ2v) is 6.95. The molecule has 1 saturated heterocycles. The van der Waals surface area contributed by atoms with Crippen LogP contribution in [-0.4, -0.2) is 65.0 Å². The van der Waals surface area contributed by atoms with Gasteiger partial charge >= 0.3 is 0 Å². The minimum absolute atomic E-state index is 0.240. The molecular weight excluding hydrogens is 354 g/mol. The minimum atomic E-state index is -1.51. The van der Waals surface area contributed by atoms with Gasteiger partial charge in [-0.05, 0) is 25.2 Å². The molecule has 0 aromatic heterocycles. The maximum Gasteiger partial charge on any atom is 0.249 e. The summed E-state index contributed by atoms with van der Waals surface area (Å²) in [5, 5.41) is 26.1. The summed E-state index contributed by atoms with van der Waals surface area (Å²) in [6, 6.07) is -1.92. The first-order valence-electron chi connectivity index (χ1n) is 9.49. The fourth-order valence-corrected chi connectivity index (χ4v) is 3.00. The van der Waals surface area contributed by atoms with Gasteiger partial charge in [-0.15, -0.1) is 0 Å². The summed E-state index contributed by atoms with van der Waals surface area (Å²) in [5.74, 6) is -3.31. The molecule has 0 radical (unpaired) electrons. The van der Waals surface area contributed by atoms with Gasteiger partial charge in [0.1, 0.15) is 12.1 Å². The number of hydrogen-bond donors (Lipinski definition) is 3. The van der Waals surface area contributed by atoms with Gasteiger partial charge in [-0.1, -0.05) is 27.2 Å². The average molecular weight is 384 g/mol. The number of nitrogens with zero attached hydrogens (tertiary/aromatic N) is 1. The zero-order valence-corrected chi connectivity index (χ0v) is 16.2. The van der Waals surface area contributed by atoms with E-state index in [0.29, 0.717) is 38.8 Å². The predicted octanol–water partition coefficient (Wildman–Crippen LogP) is -1.46. The molecule has 0 aliphatic carbocycles. The van der Waals surface area contributed by atoms with Crippen molar-refractivity contribution in [2.75, 3.05) is 13.1 Å². The Balaban J connectivity index is 2.77. The molecule has 9 heteroatoms. The highest BCUT2D eigenvalue weighted by Crippen LogP contribution is 2.21. The van der Waals surface area contributed by atoms with E-state index in [0.717, 1.165) is 0 Å². The lowest BCUT2D eigenvalue weighted by Crippen LogP contribution is -2.56. The highest BCUT2D eigenvalue weighted by molar-refractivity contribution is 5.92. The molecule has 1 heterocycles. The van der Waals surface area contributed by atoms with E-state index in [1.165, 1.54) is 4.90 Å². The predicted molar refractivity (Wildman–Crippen MR) is 95.1 cm³/mol. The van der Waals surface area contributed by atoms with Gasteiger partial charge in [0.2, 0.25) is 17.7 Å². The van der Waals surface area contributed by atoms with Crippen molar-refractivity contribution in [3.8, 4) is 0 Å². The molecule has 154 valence electrons. The van der Waals surface area contributed by atoms with Crippen molar-refractivity contribution in [3.63, 3.8) is 0 Å². The number of aliphatic hydroxyl groups excluding tert-OH is 1. The first-order valence-corrected chi connectivity index (χ1v) is 9.49. The molecule has 0 saturated carbocycles. The summed E-state index contributed by atoms with van der Waals surface area (Å²) in [5.41, 5.74) is 0. The lowest BCUT2D eigenvalue weighted by Gasteiger charge is -2.32. The number of aliphatic hydroxyl groups is 1. The van der Waals surface area contributed by atoms with E-state index >= 15 is 0 Å². The van der Waals surface area contributed by atoms with Crippen LogP contribution in [0.5, 0.6) is 0 Å². The number of hydrogen-bond acceptors (Lipinski definition) is 6. The number of likely N-dealkylation sites (tertiary alicyclic amines) is 1. The Labute approximate surface area is 159 Å². The molecule has 0 aromatic rings. The Morgan fingerprint density at radius 1 is 1.26 bits per heavy atom. The Bertz CT molecular complexity index is 553. The van der Waals surface area contributed by atoms with Crippen LogP contribution in [0.25, 0.3) is 0 Å². The van der Waals surface area contributed by atoms with E-state index in [9.17, 15) is 29.4 Å².